The SMILES string of the molecule is CC=C(C)OCC(=O)C=O. The highest BCUT2D eigenvalue weighted by molar-refractivity contribution is 6.25. The predicted octanol–water partition coefficient (Wildman–Crippen LogP) is 0.695. The molecule has 0 aromatic carbocycles. The van der Waals surface area contributed by atoms with Gasteiger partial charge >= 0.3 is 0 Å². The summed E-state index contributed by atoms with van der Waals surface area (Å²) in [6.45, 7) is 3.36. The second kappa shape index (κ2) is 4.73. The first-order chi connectivity index (χ1) is 4.70. The van der Waals surface area contributed by atoms with Gasteiger partial charge in [-0.25, -0.2) is 0 Å². The lowest BCUT2D eigenvalue weighted by Gasteiger charge is -2.00. The van der Waals surface area contributed by atoms with Gasteiger partial charge < -0.3 is 4.74 Å². The van der Waals surface area contributed by atoms with E-state index in [1.165, 1.54) is 0 Å². The van der Waals surface area contributed by atoms with Gasteiger partial charge in [-0.2, -0.15) is 0 Å². The van der Waals surface area contributed by atoms with E-state index in [4.69, 9.17) is 4.74 Å². The number of ether oxygens (including phenoxy) is 1. The average Bonchev–Trinajstić information content (AvgIpc) is 1.99. The molecule has 0 aliphatic rings. The van der Waals surface area contributed by atoms with E-state index in [9.17, 15) is 9.59 Å². The molecular formula is C7H10O3. The van der Waals surface area contributed by atoms with Crippen molar-refractivity contribution < 1.29 is 14.3 Å². The third-order valence-electron chi connectivity index (χ3n) is 0.980. The van der Waals surface area contributed by atoms with E-state index in [1.807, 2.05) is 0 Å². The summed E-state index contributed by atoms with van der Waals surface area (Å²) in [6.07, 6.45) is 1.97. The molecule has 0 aliphatic heterocycles. The minimum absolute atomic E-state index is 0.153. The maximum Gasteiger partial charge on any atom is 0.232 e. The van der Waals surface area contributed by atoms with Crippen molar-refractivity contribution in [2.24, 2.45) is 0 Å². The zero-order valence-electron chi connectivity index (χ0n) is 6.09. The molecule has 0 saturated heterocycles. The first kappa shape index (κ1) is 8.88. The fraction of sp³-hybridized carbons (Fsp3) is 0.429. The monoisotopic (exact) mass is 142 g/mol. The summed E-state index contributed by atoms with van der Waals surface area (Å²) in [7, 11) is 0. The van der Waals surface area contributed by atoms with Crippen molar-refractivity contribution in [3.05, 3.63) is 11.8 Å². The maximum atomic E-state index is 10.3. The van der Waals surface area contributed by atoms with E-state index < -0.39 is 5.78 Å². The summed E-state index contributed by atoms with van der Waals surface area (Å²) >= 11 is 0. The molecule has 3 nitrogen and oxygen atoms in total. The van der Waals surface area contributed by atoms with Gasteiger partial charge in [0.25, 0.3) is 0 Å². The van der Waals surface area contributed by atoms with Crippen molar-refractivity contribution in [1.82, 2.24) is 0 Å². The van der Waals surface area contributed by atoms with Gasteiger partial charge in [0.1, 0.15) is 0 Å². The molecule has 0 aromatic rings. The number of carbonyl (C=O) groups is 2. The Bertz CT molecular complexity index is 156. The number of aldehydes is 1. The van der Waals surface area contributed by atoms with E-state index in [1.54, 1.807) is 19.9 Å². The van der Waals surface area contributed by atoms with Gasteiger partial charge in [-0.1, -0.05) is 0 Å². The number of hydrogen-bond acceptors (Lipinski definition) is 3. The Kier molecular flexibility index (Phi) is 4.20. The van der Waals surface area contributed by atoms with Crippen LogP contribution in [0.5, 0.6) is 0 Å². The Hall–Kier alpha value is -1.12. The van der Waals surface area contributed by atoms with E-state index >= 15 is 0 Å². The zero-order valence-corrected chi connectivity index (χ0v) is 6.09. The van der Waals surface area contributed by atoms with Gasteiger partial charge in [-0.3, -0.25) is 9.59 Å². The fourth-order valence-electron chi connectivity index (χ4n) is 0.302. The lowest BCUT2D eigenvalue weighted by atomic mass is 10.4. The highest BCUT2D eigenvalue weighted by Crippen LogP contribution is 1.92. The molecule has 0 saturated carbocycles. The van der Waals surface area contributed by atoms with Crippen LogP contribution in [0, 0.1) is 0 Å². The number of hydrogen-bond donors (Lipinski definition) is 0. The van der Waals surface area contributed by atoms with Crippen LogP contribution in [0.25, 0.3) is 0 Å². The standard InChI is InChI=1S/C7H10O3/c1-3-6(2)10-5-7(9)4-8/h3-4H,5H2,1-2H3. The molecular weight excluding hydrogens is 132 g/mol. The molecule has 56 valence electrons. The van der Waals surface area contributed by atoms with Crippen LogP contribution in [0.2, 0.25) is 0 Å². The van der Waals surface area contributed by atoms with Gasteiger partial charge in [0.05, 0.1) is 5.76 Å². The molecule has 0 aliphatic carbocycles. The second-order valence-electron chi connectivity index (χ2n) is 1.77. The van der Waals surface area contributed by atoms with Crippen molar-refractivity contribution in [3.8, 4) is 0 Å². The topological polar surface area (TPSA) is 43.4 Å². The Balaban J connectivity index is 3.55. The molecule has 0 spiro atoms. The number of allylic oxidation sites excluding steroid dienone is 2. The molecule has 0 heterocycles. The van der Waals surface area contributed by atoms with Crippen molar-refractivity contribution >= 4 is 12.1 Å². The van der Waals surface area contributed by atoms with Crippen LogP contribution in [0.15, 0.2) is 11.8 Å². The molecule has 10 heavy (non-hydrogen) atoms. The number of rotatable bonds is 4. The molecule has 0 N–H and O–H groups in total. The predicted molar refractivity (Wildman–Crippen MR) is 36.5 cm³/mol. The fourth-order valence-corrected chi connectivity index (χ4v) is 0.302. The maximum absolute atomic E-state index is 10.3. The highest BCUT2D eigenvalue weighted by atomic mass is 16.5. The van der Waals surface area contributed by atoms with Gasteiger partial charge in [0.2, 0.25) is 5.78 Å². The first-order valence-corrected chi connectivity index (χ1v) is 2.94. The first-order valence-electron chi connectivity index (χ1n) is 2.94. The smallest absolute Gasteiger partial charge is 0.232 e. The average molecular weight is 142 g/mol. The van der Waals surface area contributed by atoms with Gasteiger partial charge in [-0.15, -0.1) is 0 Å². The summed E-state index contributed by atoms with van der Waals surface area (Å²) in [5.74, 6) is 0.108. The quantitative estimate of drug-likeness (QED) is 0.329. The molecule has 0 amide bonds. The van der Waals surface area contributed by atoms with Gasteiger partial charge in [-0.05, 0) is 19.9 Å². The summed E-state index contributed by atoms with van der Waals surface area (Å²) < 4.78 is 4.82. The van der Waals surface area contributed by atoms with E-state index in [0.717, 1.165) is 0 Å². The van der Waals surface area contributed by atoms with Crippen molar-refractivity contribution in [2.45, 2.75) is 13.8 Å². The second-order valence-corrected chi connectivity index (χ2v) is 1.77. The van der Waals surface area contributed by atoms with Gasteiger partial charge in [0, 0.05) is 0 Å². The molecule has 0 unspecified atom stereocenters. The molecule has 3 heteroatoms. The van der Waals surface area contributed by atoms with Crippen molar-refractivity contribution in [1.29, 1.82) is 0 Å². The Morgan fingerprint density at radius 3 is 2.60 bits per heavy atom. The molecule has 0 radical (unpaired) electrons. The summed E-state index contributed by atoms with van der Waals surface area (Å²) in [6, 6.07) is 0. The van der Waals surface area contributed by atoms with Crippen LogP contribution in [-0.4, -0.2) is 18.7 Å². The normalized spacial score (nSPS) is 10.8. The van der Waals surface area contributed by atoms with E-state index in [0.29, 0.717) is 5.76 Å². The summed E-state index contributed by atoms with van der Waals surface area (Å²) in [5, 5.41) is 0. The van der Waals surface area contributed by atoms with Gasteiger partial charge in [0.15, 0.2) is 12.9 Å². The number of Topliss-reactive ketones (excluding diaryl/α,β-unsaturated/α-hetero) is 1. The molecule has 0 aromatic heterocycles. The lowest BCUT2D eigenvalue weighted by Crippen LogP contribution is -2.08. The summed E-state index contributed by atoms with van der Waals surface area (Å²) in [5.41, 5.74) is 0. The highest BCUT2D eigenvalue weighted by Gasteiger charge is 1.97. The van der Waals surface area contributed by atoms with E-state index in [2.05, 4.69) is 0 Å². The van der Waals surface area contributed by atoms with Crippen LogP contribution < -0.4 is 0 Å². The van der Waals surface area contributed by atoms with Crippen molar-refractivity contribution in [3.63, 3.8) is 0 Å². The van der Waals surface area contributed by atoms with E-state index in [-0.39, 0.29) is 12.9 Å². The number of ketones is 1. The van der Waals surface area contributed by atoms with Crippen LogP contribution in [0.1, 0.15) is 13.8 Å². The molecule has 0 rings (SSSR count). The third kappa shape index (κ3) is 3.83. The largest absolute Gasteiger partial charge is 0.490 e. The molecule has 0 atom stereocenters. The zero-order chi connectivity index (χ0) is 7.98. The Morgan fingerprint density at radius 2 is 2.20 bits per heavy atom. The minimum atomic E-state index is -0.541. The molecule has 0 fully saturated rings. The lowest BCUT2D eigenvalue weighted by molar-refractivity contribution is -0.132. The van der Waals surface area contributed by atoms with Crippen LogP contribution in [0.3, 0.4) is 0 Å². The van der Waals surface area contributed by atoms with Crippen molar-refractivity contribution in [2.75, 3.05) is 6.61 Å². The van der Waals surface area contributed by atoms with Crippen LogP contribution in [0.4, 0.5) is 0 Å². The summed E-state index contributed by atoms with van der Waals surface area (Å²) in [4.78, 5) is 20.1. The van der Waals surface area contributed by atoms with Crippen LogP contribution >= 0.6 is 0 Å². The molecule has 0 bridgehead atoms. The number of carbonyl (C=O) groups excluding carboxylic acids is 2. The van der Waals surface area contributed by atoms with Crippen LogP contribution in [-0.2, 0) is 14.3 Å². The Labute approximate surface area is 59.7 Å². The minimum Gasteiger partial charge on any atom is -0.490 e. The third-order valence-corrected chi connectivity index (χ3v) is 0.980. The Morgan fingerprint density at radius 1 is 1.60 bits per heavy atom.